The first kappa shape index (κ1) is 15.5. The summed E-state index contributed by atoms with van der Waals surface area (Å²) in [5.74, 6) is -0.736. The number of hydrogen-bond acceptors (Lipinski definition) is 3. The molecule has 0 saturated carbocycles. The number of esters is 1. The van der Waals surface area contributed by atoms with Crippen molar-refractivity contribution in [2.75, 3.05) is 12.4 Å². The lowest BCUT2D eigenvalue weighted by atomic mass is 10.0. The molecule has 0 aliphatic carbocycles. The van der Waals surface area contributed by atoms with Crippen LogP contribution < -0.4 is 5.32 Å². The number of para-hydroxylation sites is 1. The van der Waals surface area contributed by atoms with Crippen LogP contribution in [0.2, 0.25) is 0 Å². The van der Waals surface area contributed by atoms with Gasteiger partial charge in [-0.25, -0.2) is 9.18 Å². The van der Waals surface area contributed by atoms with Crippen molar-refractivity contribution in [2.24, 2.45) is 0 Å². The fourth-order valence-electron chi connectivity index (χ4n) is 1.98. The van der Waals surface area contributed by atoms with Crippen LogP contribution in [0.3, 0.4) is 0 Å². The molecule has 1 N–H and O–H groups in total. The highest BCUT2D eigenvalue weighted by atomic mass is 79.9. The van der Waals surface area contributed by atoms with Crippen molar-refractivity contribution >= 4 is 27.6 Å². The summed E-state index contributed by atoms with van der Waals surface area (Å²) in [7, 11) is 1.33. The van der Waals surface area contributed by atoms with E-state index in [0.717, 1.165) is 10.2 Å². The number of aryl methyl sites for hydroxylation is 1. The zero-order chi connectivity index (χ0) is 15.4. The molecule has 0 heterocycles. The molecule has 0 radical (unpaired) electrons. The average molecular weight is 352 g/mol. The molecule has 1 atom stereocenters. The van der Waals surface area contributed by atoms with E-state index >= 15 is 0 Å². The molecular formula is C16H15BrFNO2. The molecule has 5 heteroatoms. The maximum Gasteiger partial charge on any atom is 0.332 e. The lowest BCUT2D eigenvalue weighted by Gasteiger charge is -2.19. The molecule has 0 bridgehead atoms. The Morgan fingerprint density at radius 2 is 2.00 bits per heavy atom. The number of halogens is 2. The molecular weight excluding hydrogens is 337 g/mol. The van der Waals surface area contributed by atoms with Crippen LogP contribution in [-0.4, -0.2) is 13.1 Å². The molecule has 0 aliphatic heterocycles. The van der Waals surface area contributed by atoms with Gasteiger partial charge >= 0.3 is 5.97 Å². The number of anilines is 1. The maximum atomic E-state index is 13.4. The Balaban J connectivity index is 2.37. The molecule has 110 valence electrons. The number of benzene rings is 2. The van der Waals surface area contributed by atoms with Gasteiger partial charge in [-0.05, 0) is 52.2 Å². The fraction of sp³-hybridized carbons (Fsp3) is 0.188. The quantitative estimate of drug-likeness (QED) is 0.838. The van der Waals surface area contributed by atoms with Crippen LogP contribution in [0.4, 0.5) is 10.1 Å². The number of hydrogen-bond donors (Lipinski definition) is 1. The van der Waals surface area contributed by atoms with Gasteiger partial charge in [-0.1, -0.05) is 24.3 Å². The molecule has 0 fully saturated rings. The number of rotatable bonds is 4. The van der Waals surface area contributed by atoms with E-state index in [4.69, 9.17) is 4.74 Å². The predicted molar refractivity (Wildman–Crippen MR) is 83.7 cm³/mol. The number of nitrogens with one attached hydrogen (secondary N) is 1. The highest BCUT2D eigenvalue weighted by Gasteiger charge is 2.22. The summed E-state index contributed by atoms with van der Waals surface area (Å²) in [6.07, 6.45) is 0. The summed E-state index contributed by atoms with van der Waals surface area (Å²) in [6, 6.07) is 11.3. The molecule has 1 unspecified atom stereocenters. The third-order valence-electron chi connectivity index (χ3n) is 3.13. The summed E-state index contributed by atoms with van der Waals surface area (Å²) < 4.78 is 19.1. The standard InChI is InChI=1S/C16H15BrFNO2/c1-10-9-11(7-8-13(10)18)15(16(20)21-2)19-14-6-4-3-5-12(14)17/h3-9,15,19H,1-2H3. The Bertz CT molecular complexity index is 660. The first-order chi connectivity index (χ1) is 10.0. The smallest absolute Gasteiger partial charge is 0.332 e. The second-order valence-electron chi connectivity index (χ2n) is 4.59. The third kappa shape index (κ3) is 3.61. The first-order valence-corrected chi connectivity index (χ1v) is 7.17. The summed E-state index contributed by atoms with van der Waals surface area (Å²) in [5.41, 5.74) is 1.89. The van der Waals surface area contributed by atoms with Crippen molar-refractivity contribution in [1.29, 1.82) is 0 Å². The Kier molecular flexibility index (Phi) is 4.96. The Hall–Kier alpha value is -1.88. The topological polar surface area (TPSA) is 38.3 Å². The van der Waals surface area contributed by atoms with Crippen molar-refractivity contribution in [1.82, 2.24) is 0 Å². The van der Waals surface area contributed by atoms with Gasteiger partial charge < -0.3 is 10.1 Å². The lowest BCUT2D eigenvalue weighted by molar-refractivity contribution is -0.141. The minimum absolute atomic E-state index is 0.303. The van der Waals surface area contributed by atoms with E-state index in [-0.39, 0.29) is 5.82 Å². The van der Waals surface area contributed by atoms with Crippen LogP contribution in [0.25, 0.3) is 0 Å². The van der Waals surface area contributed by atoms with E-state index < -0.39 is 12.0 Å². The molecule has 0 spiro atoms. The van der Waals surface area contributed by atoms with Crippen molar-refractivity contribution in [3.05, 3.63) is 63.9 Å². The molecule has 0 aliphatic rings. The largest absolute Gasteiger partial charge is 0.467 e. The SMILES string of the molecule is COC(=O)C(Nc1ccccc1Br)c1ccc(F)c(C)c1. The van der Waals surface area contributed by atoms with Gasteiger partial charge in [0, 0.05) is 10.2 Å². The third-order valence-corrected chi connectivity index (χ3v) is 3.82. The summed E-state index contributed by atoms with van der Waals surface area (Å²) >= 11 is 3.42. The van der Waals surface area contributed by atoms with Gasteiger partial charge in [-0.3, -0.25) is 0 Å². The van der Waals surface area contributed by atoms with Crippen molar-refractivity contribution in [3.63, 3.8) is 0 Å². The van der Waals surface area contributed by atoms with Gasteiger partial charge in [0.1, 0.15) is 5.82 Å². The fourth-order valence-corrected chi connectivity index (χ4v) is 2.38. The average Bonchev–Trinajstić information content (AvgIpc) is 2.48. The van der Waals surface area contributed by atoms with Crippen LogP contribution in [0.15, 0.2) is 46.9 Å². The number of ether oxygens (including phenoxy) is 1. The van der Waals surface area contributed by atoms with E-state index in [0.29, 0.717) is 11.1 Å². The van der Waals surface area contributed by atoms with Gasteiger partial charge in [0.25, 0.3) is 0 Å². The van der Waals surface area contributed by atoms with E-state index in [9.17, 15) is 9.18 Å². The molecule has 2 aromatic carbocycles. The molecule has 0 saturated heterocycles. The molecule has 0 amide bonds. The molecule has 2 aromatic rings. The maximum absolute atomic E-state index is 13.4. The lowest BCUT2D eigenvalue weighted by Crippen LogP contribution is -2.22. The van der Waals surface area contributed by atoms with Crippen molar-refractivity contribution < 1.29 is 13.9 Å². The summed E-state index contributed by atoms with van der Waals surface area (Å²) in [4.78, 5) is 12.0. The number of methoxy groups -OCH3 is 1. The monoisotopic (exact) mass is 351 g/mol. The van der Waals surface area contributed by atoms with Crippen LogP contribution in [-0.2, 0) is 9.53 Å². The van der Waals surface area contributed by atoms with E-state index in [1.165, 1.54) is 13.2 Å². The molecule has 2 rings (SSSR count). The first-order valence-electron chi connectivity index (χ1n) is 6.38. The summed E-state index contributed by atoms with van der Waals surface area (Å²) in [6.45, 7) is 1.66. The number of carbonyl (C=O) groups excluding carboxylic acids is 1. The van der Waals surface area contributed by atoms with Gasteiger partial charge in [-0.2, -0.15) is 0 Å². The normalized spacial score (nSPS) is 11.8. The van der Waals surface area contributed by atoms with Crippen LogP contribution in [0.1, 0.15) is 17.2 Å². The Morgan fingerprint density at radius 1 is 1.29 bits per heavy atom. The minimum atomic E-state index is -0.701. The minimum Gasteiger partial charge on any atom is -0.467 e. The van der Waals surface area contributed by atoms with Crippen molar-refractivity contribution in [2.45, 2.75) is 13.0 Å². The van der Waals surface area contributed by atoms with E-state index in [2.05, 4.69) is 21.2 Å². The van der Waals surface area contributed by atoms with Crippen LogP contribution in [0, 0.1) is 12.7 Å². The second kappa shape index (κ2) is 6.72. The van der Waals surface area contributed by atoms with Gasteiger partial charge in [-0.15, -0.1) is 0 Å². The highest BCUT2D eigenvalue weighted by Crippen LogP contribution is 2.27. The summed E-state index contributed by atoms with van der Waals surface area (Å²) in [5, 5.41) is 3.12. The zero-order valence-electron chi connectivity index (χ0n) is 11.7. The van der Waals surface area contributed by atoms with Gasteiger partial charge in [0.2, 0.25) is 0 Å². The van der Waals surface area contributed by atoms with Crippen LogP contribution >= 0.6 is 15.9 Å². The molecule has 0 aromatic heterocycles. The van der Waals surface area contributed by atoms with Gasteiger partial charge in [0.15, 0.2) is 6.04 Å². The number of carbonyl (C=O) groups is 1. The second-order valence-corrected chi connectivity index (χ2v) is 5.44. The molecule has 21 heavy (non-hydrogen) atoms. The zero-order valence-corrected chi connectivity index (χ0v) is 13.3. The van der Waals surface area contributed by atoms with E-state index in [1.807, 2.05) is 24.3 Å². The van der Waals surface area contributed by atoms with Crippen molar-refractivity contribution in [3.8, 4) is 0 Å². The van der Waals surface area contributed by atoms with Crippen LogP contribution in [0.5, 0.6) is 0 Å². The Labute approximate surface area is 131 Å². The predicted octanol–water partition coefficient (Wildman–Crippen LogP) is 4.22. The molecule has 3 nitrogen and oxygen atoms in total. The van der Waals surface area contributed by atoms with E-state index in [1.54, 1.807) is 19.1 Å². The van der Waals surface area contributed by atoms with Gasteiger partial charge in [0.05, 0.1) is 7.11 Å². The highest BCUT2D eigenvalue weighted by molar-refractivity contribution is 9.10. The Morgan fingerprint density at radius 3 is 2.62 bits per heavy atom.